The number of carbonyl (C=O) groups is 1. The minimum absolute atomic E-state index is 0. The Labute approximate surface area is 115 Å². The van der Waals surface area contributed by atoms with Gasteiger partial charge in [-0.1, -0.05) is 0 Å². The highest BCUT2D eigenvalue weighted by atomic mass is 35.5. The molecule has 1 atom stereocenters. The van der Waals surface area contributed by atoms with Gasteiger partial charge in [-0.2, -0.15) is 0 Å². The van der Waals surface area contributed by atoms with E-state index >= 15 is 0 Å². The highest BCUT2D eigenvalue weighted by molar-refractivity contribution is 5.85. The van der Waals surface area contributed by atoms with Crippen LogP contribution in [-0.2, 0) is 4.74 Å². The van der Waals surface area contributed by atoms with E-state index in [9.17, 15) is 4.79 Å². The number of hydrogen-bond acceptors (Lipinski definition) is 4. The summed E-state index contributed by atoms with van der Waals surface area (Å²) in [6.07, 6.45) is 1.73. The SMILES string of the molecule is CC(C)(C)OC(=O)N1CCCC(NN)C1.Cl.Cl. The van der Waals surface area contributed by atoms with Crippen LogP contribution < -0.4 is 11.3 Å². The number of hydrogen-bond donors (Lipinski definition) is 2. The summed E-state index contributed by atoms with van der Waals surface area (Å²) in [5.74, 6) is 5.36. The van der Waals surface area contributed by atoms with Crippen LogP contribution in [0.3, 0.4) is 0 Å². The summed E-state index contributed by atoms with van der Waals surface area (Å²) in [5, 5.41) is 0. The van der Waals surface area contributed by atoms with Crippen molar-refractivity contribution in [2.24, 2.45) is 5.84 Å². The van der Waals surface area contributed by atoms with E-state index in [2.05, 4.69) is 5.43 Å². The zero-order valence-electron chi connectivity index (χ0n) is 10.6. The Hall–Kier alpha value is -0.230. The van der Waals surface area contributed by atoms with E-state index in [1.807, 2.05) is 20.8 Å². The van der Waals surface area contributed by atoms with Gasteiger partial charge in [-0.05, 0) is 33.6 Å². The fourth-order valence-corrected chi connectivity index (χ4v) is 1.61. The Morgan fingerprint density at radius 3 is 2.47 bits per heavy atom. The molecule has 1 rings (SSSR count). The largest absolute Gasteiger partial charge is 0.444 e. The van der Waals surface area contributed by atoms with Gasteiger partial charge < -0.3 is 9.64 Å². The van der Waals surface area contributed by atoms with E-state index < -0.39 is 5.60 Å². The van der Waals surface area contributed by atoms with Crippen LogP contribution >= 0.6 is 24.8 Å². The maximum absolute atomic E-state index is 11.7. The van der Waals surface area contributed by atoms with Gasteiger partial charge in [0.15, 0.2) is 0 Å². The van der Waals surface area contributed by atoms with Crippen LogP contribution in [0, 0.1) is 0 Å². The summed E-state index contributed by atoms with van der Waals surface area (Å²) in [6.45, 7) is 6.99. The van der Waals surface area contributed by atoms with Gasteiger partial charge in [0, 0.05) is 19.1 Å². The summed E-state index contributed by atoms with van der Waals surface area (Å²) in [4.78, 5) is 13.4. The first-order valence-electron chi connectivity index (χ1n) is 5.36. The number of hydrazine groups is 1. The van der Waals surface area contributed by atoms with E-state index in [-0.39, 0.29) is 36.9 Å². The fraction of sp³-hybridized carbons (Fsp3) is 0.900. The van der Waals surface area contributed by atoms with Crippen LogP contribution in [0.5, 0.6) is 0 Å². The van der Waals surface area contributed by atoms with Crippen molar-refractivity contribution in [2.75, 3.05) is 13.1 Å². The number of piperidine rings is 1. The highest BCUT2D eigenvalue weighted by Gasteiger charge is 2.26. The third kappa shape index (κ3) is 6.93. The van der Waals surface area contributed by atoms with Crippen molar-refractivity contribution >= 4 is 30.9 Å². The van der Waals surface area contributed by atoms with Crippen molar-refractivity contribution in [3.63, 3.8) is 0 Å². The van der Waals surface area contributed by atoms with Gasteiger partial charge in [-0.15, -0.1) is 24.8 Å². The van der Waals surface area contributed by atoms with Gasteiger partial charge in [-0.25, -0.2) is 4.79 Å². The van der Waals surface area contributed by atoms with Crippen molar-refractivity contribution in [1.82, 2.24) is 10.3 Å². The average molecular weight is 288 g/mol. The Morgan fingerprint density at radius 2 is 2.00 bits per heavy atom. The monoisotopic (exact) mass is 287 g/mol. The standard InChI is InChI=1S/C10H21N3O2.2ClH/c1-10(2,3)15-9(14)13-6-4-5-8(7-13)12-11;;/h8,12H,4-7,11H2,1-3H3;2*1H. The molecule has 0 bridgehead atoms. The van der Waals surface area contributed by atoms with Crippen LogP contribution in [-0.4, -0.2) is 35.7 Å². The second-order valence-electron chi connectivity index (χ2n) is 4.93. The first kappa shape index (κ1) is 19.1. The molecule has 1 aliphatic rings. The predicted octanol–water partition coefficient (Wildman–Crippen LogP) is 1.69. The van der Waals surface area contributed by atoms with Crippen molar-refractivity contribution in [1.29, 1.82) is 0 Å². The molecule has 0 aromatic heterocycles. The van der Waals surface area contributed by atoms with Crippen molar-refractivity contribution < 1.29 is 9.53 Å². The summed E-state index contributed by atoms with van der Waals surface area (Å²) >= 11 is 0. The molecule has 1 saturated heterocycles. The van der Waals surface area contributed by atoms with Gasteiger partial charge in [0.05, 0.1) is 0 Å². The molecule has 1 fully saturated rings. The smallest absolute Gasteiger partial charge is 0.410 e. The van der Waals surface area contributed by atoms with Crippen LogP contribution in [0.25, 0.3) is 0 Å². The number of ether oxygens (including phenoxy) is 1. The van der Waals surface area contributed by atoms with E-state index in [4.69, 9.17) is 10.6 Å². The zero-order valence-corrected chi connectivity index (χ0v) is 12.2. The van der Waals surface area contributed by atoms with Gasteiger partial charge in [0.25, 0.3) is 0 Å². The van der Waals surface area contributed by atoms with E-state index in [0.29, 0.717) is 6.54 Å². The Bertz CT molecular complexity index is 234. The molecule has 1 heterocycles. The zero-order chi connectivity index (χ0) is 11.5. The Morgan fingerprint density at radius 1 is 1.41 bits per heavy atom. The van der Waals surface area contributed by atoms with Crippen LogP contribution in [0.4, 0.5) is 4.79 Å². The number of carbonyl (C=O) groups excluding carboxylic acids is 1. The molecule has 1 amide bonds. The molecule has 0 aromatic rings. The summed E-state index contributed by atoms with van der Waals surface area (Å²) < 4.78 is 5.29. The van der Waals surface area contributed by atoms with Crippen LogP contribution in [0.15, 0.2) is 0 Å². The third-order valence-electron chi connectivity index (χ3n) is 2.31. The number of amides is 1. The molecule has 0 radical (unpaired) electrons. The van der Waals surface area contributed by atoms with Crippen molar-refractivity contribution in [3.8, 4) is 0 Å². The highest BCUT2D eigenvalue weighted by Crippen LogP contribution is 2.14. The predicted molar refractivity (Wildman–Crippen MR) is 72.6 cm³/mol. The lowest BCUT2D eigenvalue weighted by Gasteiger charge is -2.33. The minimum atomic E-state index is -0.430. The van der Waals surface area contributed by atoms with E-state index in [1.165, 1.54) is 0 Å². The maximum atomic E-state index is 11.7. The molecule has 1 unspecified atom stereocenters. The minimum Gasteiger partial charge on any atom is -0.444 e. The molecule has 1 aliphatic heterocycles. The number of likely N-dealkylation sites (tertiary alicyclic amines) is 1. The lowest BCUT2D eigenvalue weighted by molar-refractivity contribution is 0.0188. The van der Waals surface area contributed by atoms with Crippen LogP contribution in [0.2, 0.25) is 0 Å². The molecule has 7 heteroatoms. The molecular weight excluding hydrogens is 265 g/mol. The van der Waals surface area contributed by atoms with Gasteiger partial charge >= 0.3 is 6.09 Å². The van der Waals surface area contributed by atoms with E-state index in [1.54, 1.807) is 4.90 Å². The van der Waals surface area contributed by atoms with E-state index in [0.717, 1.165) is 19.4 Å². The lowest BCUT2D eigenvalue weighted by Crippen LogP contribution is -2.51. The maximum Gasteiger partial charge on any atom is 0.410 e. The Balaban J connectivity index is 0. The number of nitrogens with one attached hydrogen (secondary N) is 1. The molecule has 5 nitrogen and oxygen atoms in total. The summed E-state index contributed by atoms with van der Waals surface area (Å²) in [6, 6.07) is 0.186. The third-order valence-corrected chi connectivity index (χ3v) is 2.31. The summed E-state index contributed by atoms with van der Waals surface area (Å²) in [7, 11) is 0. The fourth-order valence-electron chi connectivity index (χ4n) is 1.61. The first-order valence-corrected chi connectivity index (χ1v) is 5.36. The molecule has 0 aliphatic carbocycles. The van der Waals surface area contributed by atoms with Crippen LogP contribution in [0.1, 0.15) is 33.6 Å². The molecular formula is C10H23Cl2N3O2. The molecule has 0 spiro atoms. The Kier molecular flexibility index (Phi) is 8.97. The van der Waals surface area contributed by atoms with Gasteiger partial charge in [-0.3, -0.25) is 11.3 Å². The number of nitrogens with two attached hydrogens (primary N) is 1. The van der Waals surface area contributed by atoms with Crippen molar-refractivity contribution in [2.45, 2.75) is 45.3 Å². The summed E-state index contributed by atoms with van der Waals surface area (Å²) in [5.41, 5.74) is 2.27. The molecule has 3 N–H and O–H groups in total. The lowest BCUT2D eigenvalue weighted by atomic mass is 10.1. The van der Waals surface area contributed by atoms with Gasteiger partial charge in [0.2, 0.25) is 0 Å². The van der Waals surface area contributed by atoms with Gasteiger partial charge in [0.1, 0.15) is 5.60 Å². The topological polar surface area (TPSA) is 67.6 Å². The first-order chi connectivity index (χ1) is 6.92. The molecule has 0 aromatic carbocycles. The second kappa shape index (κ2) is 7.97. The number of rotatable bonds is 1. The normalized spacial score (nSPS) is 20.0. The molecule has 104 valence electrons. The second-order valence-corrected chi connectivity index (χ2v) is 4.93. The van der Waals surface area contributed by atoms with Crippen molar-refractivity contribution in [3.05, 3.63) is 0 Å². The average Bonchev–Trinajstić information content (AvgIpc) is 2.15. The molecule has 17 heavy (non-hydrogen) atoms. The molecule has 0 saturated carbocycles. The number of nitrogens with zero attached hydrogens (tertiary/aromatic N) is 1. The quantitative estimate of drug-likeness (QED) is 0.569. The number of halogens is 2.